The Kier molecular flexibility index (Phi) is 4.02. The van der Waals surface area contributed by atoms with E-state index in [2.05, 4.69) is 26.1 Å². The number of rotatable bonds is 3. The molecule has 1 heterocycles. The fourth-order valence-electron chi connectivity index (χ4n) is 1.84. The minimum atomic E-state index is 0.0823. The van der Waals surface area contributed by atoms with Crippen LogP contribution >= 0.6 is 11.6 Å². The van der Waals surface area contributed by atoms with Crippen LogP contribution in [0.2, 0.25) is 5.02 Å². The second-order valence-corrected chi connectivity index (χ2v) is 6.19. The zero-order chi connectivity index (χ0) is 14.0. The Balaban J connectivity index is 2.19. The van der Waals surface area contributed by atoms with Gasteiger partial charge in [-0.2, -0.15) is 0 Å². The molecule has 1 aromatic carbocycles. The molecule has 2 rings (SSSR count). The second-order valence-electron chi connectivity index (χ2n) is 5.78. The van der Waals surface area contributed by atoms with Gasteiger partial charge in [0.15, 0.2) is 0 Å². The third kappa shape index (κ3) is 3.62. The van der Waals surface area contributed by atoms with Crippen LogP contribution in [-0.4, -0.2) is 5.54 Å². The molecule has 0 spiro atoms. The van der Waals surface area contributed by atoms with Crippen molar-refractivity contribution in [1.82, 2.24) is 5.32 Å². The van der Waals surface area contributed by atoms with Crippen molar-refractivity contribution < 1.29 is 4.42 Å². The lowest BCUT2D eigenvalue weighted by molar-refractivity contribution is 0.391. The van der Waals surface area contributed by atoms with E-state index >= 15 is 0 Å². The molecule has 0 amide bonds. The maximum absolute atomic E-state index is 6.14. The van der Waals surface area contributed by atoms with Crippen LogP contribution in [-0.2, 0) is 6.54 Å². The number of benzene rings is 1. The maximum atomic E-state index is 6.14. The lowest BCUT2D eigenvalue weighted by Gasteiger charge is -2.19. The Morgan fingerprint density at radius 1 is 1.16 bits per heavy atom. The highest BCUT2D eigenvalue weighted by molar-refractivity contribution is 6.31. The van der Waals surface area contributed by atoms with Crippen LogP contribution in [0.1, 0.15) is 32.1 Å². The van der Waals surface area contributed by atoms with Gasteiger partial charge in [0.25, 0.3) is 0 Å². The average molecular weight is 278 g/mol. The maximum Gasteiger partial charge on any atom is 0.134 e. The molecule has 0 fully saturated rings. The minimum absolute atomic E-state index is 0.0823. The monoisotopic (exact) mass is 277 g/mol. The molecule has 0 saturated heterocycles. The zero-order valence-electron chi connectivity index (χ0n) is 11.9. The predicted molar refractivity (Wildman–Crippen MR) is 80.5 cm³/mol. The molecule has 0 bridgehead atoms. The summed E-state index contributed by atoms with van der Waals surface area (Å²) in [5, 5.41) is 4.18. The van der Waals surface area contributed by atoms with Gasteiger partial charge >= 0.3 is 0 Å². The third-order valence-electron chi connectivity index (χ3n) is 2.99. The summed E-state index contributed by atoms with van der Waals surface area (Å²) in [5.41, 5.74) is 2.18. The highest BCUT2D eigenvalue weighted by Gasteiger charge is 2.12. The van der Waals surface area contributed by atoms with Crippen LogP contribution in [0.3, 0.4) is 0 Å². The highest BCUT2D eigenvalue weighted by Crippen LogP contribution is 2.29. The molecule has 2 nitrogen and oxygen atoms in total. The third-order valence-corrected chi connectivity index (χ3v) is 3.40. The Labute approximate surface area is 119 Å². The second kappa shape index (κ2) is 5.40. The zero-order valence-corrected chi connectivity index (χ0v) is 12.6. The number of nitrogens with one attached hydrogen (secondary N) is 1. The topological polar surface area (TPSA) is 25.2 Å². The SMILES string of the molecule is Cc1c(Cl)cccc1-c1ccc(CNC(C)(C)C)o1. The molecule has 102 valence electrons. The van der Waals surface area contributed by atoms with E-state index in [1.807, 2.05) is 37.3 Å². The molecule has 0 aliphatic carbocycles. The number of hydrogen-bond acceptors (Lipinski definition) is 2. The largest absolute Gasteiger partial charge is 0.460 e. The fourth-order valence-corrected chi connectivity index (χ4v) is 2.02. The van der Waals surface area contributed by atoms with E-state index in [1.54, 1.807) is 0 Å². The van der Waals surface area contributed by atoms with Crippen molar-refractivity contribution in [1.29, 1.82) is 0 Å². The molecule has 0 aliphatic heterocycles. The normalized spacial score (nSPS) is 11.8. The van der Waals surface area contributed by atoms with Gasteiger partial charge in [-0.1, -0.05) is 23.7 Å². The van der Waals surface area contributed by atoms with Crippen LogP contribution in [0.4, 0.5) is 0 Å². The molecule has 2 aromatic rings. The van der Waals surface area contributed by atoms with E-state index in [0.717, 1.165) is 34.2 Å². The lowest BCUT2D eigenvalue weighted by atomic mass is 10.1. The average Bonchev–Trinajstić information content (AvgIpc) is 2.78. The van der Waals surface area contributed by atoms with Crippen molar-refractivity contribution >= 4 is 11.6 Å². The van der Waals surface area contributed by atoms with Gasteiger partial charge in [0.2, 0.25) is 0 Å². The summed E-state index contributed by atoms with van der Waals surface area (Å²) in [7, 11) is 0. The van der Waals surface area contributed by atoms with E-state index in [-0.39, 0.29) is 5.54 Å². The molecule has 0 unspecified atom stereocenters. The number of hydrogen-bond donors (Lipinski definition) is 1. The van der Waals surface area contributed by atoms with Gasteiger partial charge in [-0.3, -0.25) is 0 Å². The first-order valence-corrected chi connectivity index (χ1v) is 6.84. The van der Waals surface area contributed by atoms with E-state index in [0.29, 0.717) is 0 Å². The summed E-state index contributed by atoms with van der Waals surface area (Å²) < 4.78 is 5.88. The van der Waals surface area contributed by atoms with Crippen LogP contribution in [0.5, 0.6) is 0 Å². The Morgan fingerprint density at radius 3 is 2.58 bits per heavy atom. The molecular weight excluding hydrogens is 258 g/mol. The van der Waals surface area contributed by atoms with E-state index in [9.17, 15) is 0 Å². The molecule has 1 N–H and O–H groups in total. The molecule has 3 heteroatoms. The van der Waals surface area contributed by atoms with Crippen molar-refractivity contribution in [2.24, 2.45) is 0 Å². The summed E-state index contributed by atoms with van der Waals surface area (Å²) in [5.74, 6) is 1.80. The van der Waals surface area contributed by atoms with Crippen molar-refractivity contribution in [3.63, 3.8) is 0 Å². The molecule has 0 radical (unpaired) electrons. The minimum Gasteiger partial charge on any atom is -0.460 e. The van der Waals surface area contributed by atoms with E-state index < -0.39 is 0 Å². The summed E-state index contributed by atoms with van der Waals surface area (Å²) in [6.45, 7) is 9.14. The van der Waals surface area contributed by atoms with Crippen molar-refractivity contribution in [3.8, 4) is 11.3 Å². The molecule has 0 saturated carbocycles. The van der Waals surface area contributed by atoms with Crippen molar-refractivity contribution in [2.75, 3.05) is 0 Å². The first kappa shape index (κ1) is 14.2. The van der Waals surface area contributed by atoms with Gasteiger partial charge in [-0.15, -0.1) is 0 Å². The van der Waals surface area contributed by atoms with Gasteiger partial charge in [0.05, 0.1) is 6.54 Å². The van der Waals surface area contributed by atoms with E-state index in [1.165, 1.54) is 0 Å². The van der Waals surface area contributed by atoms with Gasteiger partial charge in [-0.25, -0.2) is 0 Å². The van der Waals surface area contributed by atoms with Crippen LogP contribution < -0.4 is 5.32 Å². The molecular formula is C16H20ClNO. The fraction of sp³-hybridized carbons (Fsp3) is 0.375. The first-order valence-electron chi connectivity index (χ1n) is 6.46. The van der Waals surface area contributed by atoms with Gasteiger partial charge in [0.1, 0.15) is 11.5 Å². The number of furan rings is 1. The Morgan fingerprint density at radius 2 is 1.89 bits per heavy atom. The highest BCUT2D eigenvalue weighted by atomic mass is 35.5. The summed E-state index contributed by atoms with van der Waals surface area (Å²) in [6.07, 6.45) is 0. The number of halogens is 1. The van der Waals surface area contributed by atoms with Crippen LogP contribution in [0, 0.1) is 6.92 Å². The molecule has 0 atom stereocenters. The summed E-state index contributed by atoms with van der Waals surface area (Å²) in [6, 6.07) is 9.87. The van der Waals surface area contributed by atoms with Gasteiger partial charge < -0.3 is 9.73 Å². The summed E-state index contributed by atoms with van der Waals surface area (Å²) in [4.78, 5) is 0. The van der Waals surface area contributed by atoms with E-state index in [4.69, 9.17) is 16.0 Å². The molecule has 19 heavy (non-hydrogen) atoms. The van der Waals surface area contributed by atoms with Crippen molar-refractivity contribution in [3.05, 3.63) is 46.7 Å². The Hall–Kier alpha value is -1.25. The van der Waals surface area contributed by atoms with Crippen molar-refractivity contribution in [2.45, 2.75) is 39.8 Å². The predicted octanol–water partition coefficient (Wildman–Crippen LogP) is 4.80. The smallest absolute Gasteiger partial charge is 0.134 e. The standard InChI is InChI=1S/C16H20ClNO/c1-11-13(6-5-7-14(11)17)15-9-8-12(19-15)10-18-16(2,3)4/h5-9,18H,10H2,1-4H3. The lowest BCUT2D eigenvalue weighted by Crippen LogP contribution is -2.34. The quantitative estimate of drug-likeness (QED) is 0.872. The van der Waals surface area contributed by atoms with Crippen LogP contribution in [0.25, 0.3) is 11.3 Å². The van der Waals surface area contributed by atoms with Crippen LogP contribution in [0.15, 0.2) is 34.7 Å². The molecule has 0 aliphatic rings. The van der Waals surface area contributed by atoms with Gasteiger partial charge in [0, 0.05) is 16.1 Å². The first-order chi connectivity index (χ1) is 8.87. The summed E-state index contributed by atoms with van der Waals surface area (Å²) >= 11 is 6.14. The molecule has 1 aromatic heterocycles. The van der Waals surface area contributed by atoms with Gasteiger partial charge in [-0.05, 0) is 51.5 Å². The Bertz CT molecular complexity index is 566.